The van der Waals surface area contributed by atoms with Crippen molar-refractivity contribution in [2.24, 2.45) is 11.8 Å². The molecular formula is C19H27N5O. The molecule has 3 heterocycles. The van der Waals surface area contributed by atoms with E-state index in [1.807, 2.05) is 6.20 Å². The molecule has 0 spiro atoms. The molecule has 0 aliphatic carbocycles. The average Bonchev–Trinajstić information content (AvgIpc) is 3.12. The van der Waals surface area contributed by atoms with Gasteiger partial charge in [-0.1, -0.05) is 13.8 Å². The molecule has 0 aromatic carbocycles. The number of pyridine rings is 1. The van der Waals surface area contributed by atoms with E-state index in [0.29, 0.717) is 17.9 Å². The summed E-state index contributed by atoms with van der Waals surface area (Å²) in [6.07, 6.45) is 9.13. The molecule has 1 fully saturated rings. The van der Waals surface area contributed by atoms with E-state index >= 15 is 0 Å². The van der Waals surface area contributed by atoms with Crippen molar-refractivity contribution in [3.8, 4) is 5.82 Å². The first-order chi connectivity index (χ1) is 12.1. The Hall–Kier alpha value is -2.21. The lowest BCUT2D eigenvalue weighted by atomic mass is 9.92. The molecule has 0 unspecified atom stereocenters. The maximum Gasteiger partial charge on any atom is 0.251 e. The summed E-state index contributed by atoms with van der Waals surface area (Å²) >= 11 is 0. The van der Waals surface area contributed by atoms with Crippen molar-refractivity contribution in [2.75, 3.05) is 26.2 Å². The number of piperidine rings is 1. The molecule has 1 saturated heterocycles. The maximum absolute atomic E-state index is 12.3. The molecule has 0 bridgehead atoms. The van der Waals surface area contributed by atoms with Gasteiger partial charge in [0.2, 0.25) is 0 Å². The van der Waals surface area contributed by atoms with Crippen molar-refractivity contribution in [3.05, 3.63) is 42.6 Å². The Morgan fingerprint density at radius 1 is 1.28 bits per heavy atom. The number of imidazole rings is 1. The van der Waals surface area contributed by atoms with Crippen LogP contribution < -0.4 is 5.32 Å². The highest BCUT2D eigenvalue weighted by Gasteiger charge is 2.21. The van der Waals surface area contributed by atoms with Gasteiger partial charge in [-0.15, -0.1) is 0 Å². The standard InChI is InChI=1S/C19H27N5O/c1-15-10-16(2)13-23(12-15)8-3-5-22-19(25)17-4-6-21-18(11-17)24-9-7-20-14-24/h4,6-7,9,11,14-16H,3,5,8,10,12-13H2,1-2H3,(H,22,25)/t15-,16+. The monoisotopic (exact) mass is 341 g/mol. The van der Waals surface area contributed by atoms with Gasteiger partial charge >= 0.3 is 0 Å². The van der Waals surface area contributed by atoms with Gasteiger partial charge in [0.15, 0.2) is 0 Å². The molecule has 134 valence electrons. The third-order valence-electron chi connectivity index (χ3n) is 4.66. The van der Waals surface area contributed by atoms with Gasteiger partial charge in [-0.05, 0) is 43.4 Å². The maximum atomic E-state index is 12.3. The minimum absolute atomic E-state index is 0.0517. The van der Waals surface area contributed by atoms with E-state index in [1.165, 1.54) is 19.5 Å². The second-order valence-corrected chi connectivity index (χ2v) is 7.19. The second kappa shape index (κ2) is 8.25. The van der Waals surface area contributed by atoms with Gasteiger partial charge in [0.1, 0.15) is 12.1 Å². The molecule has 2 atom stereocenters. The number of amides is 1. The molecule has 2 aromatic heterocycles. The number of hydrogen-bond acceptors (Lipinski definition) is 4. The van der Waals surface area contributed by atoms with Crippen LogP contribution >= 0.6 is 0 Å². The fourth-order valence-corrected chi connectivity index (χ4v) is 3.68. The number of aromatic nitrogens is 3. The highest BCUT2D eigenvalue weighted by molar-refractivity contribution is 5.94. The van der Waals surface area contributed by atoms with Crippen LogP contribution in [0.1, 0.15) is 37.0 Å². The number of nitrogens with zero attached hydrogens (tertiary/aromatic N) is 4. The summed E-state index contributed by atoms with van der Waals surface area (Å²) in [6.45, 7) is 8.75. The zero-order valence-electron chi connectivity index (χ0n) is 15.1. The second-order valence-electron chi connectivity index (χ2n) is 7.19. The molecule has 1 N–H and O–H groups in total. The SMILES string of the molecule is C[C@@H]1C[C@H](C)CN(CCCNC(=O)c2ccnc(-n3ccnc3)c2)C1. The van der Waals surface area contributed by atoms with Crippen LogP contribution in [0.2, 0.25) is 0 Å². The molecule has 3 rings (SSSR count). The Kier molecular flexibility index (Phi) is 5.81. The first-order valence-corrected chi connectivity index (χ1v) is 9.06. The first-order valence-electron chi connectivity index (χ1n) is 9.06. The van der Waals surface area contributed by atoms with Crippen molar-refractivity contribution >= 4 is 5.91 Å². The smallest absolute Gasteiger partial charge is 0.251 e. The molecule has 1 aliphatic heterocycles. The lowest BCUT2D eigenvalue weighted by Gasteiger charge is -2.34. The van der Waals surface area contributed by atoms with Crippen LogP contribution in [-0.2, 0) is 0 Å². The number of nitrogens with one attached hydrogen (secondary N) is 1. The van der Waals surface area contributed by atoms with Crippen LogP contribution in [0.3, 0.4) is 0 Å². The van der Waals surface area contributed by atoms with Crippen molar-refractivity contribution < 1.29 is 4.79 Å². The summed E-state index contributed by atoms with van der Waals surface area (Å²) in [5.74, 6) is 2.19. The van der Waals surface area contributed by atoms with E-state index in [0.717, 1.165) is 24.8 Å². The molecule has 2 aromatic rings. The predicted molar refractivity (Wildman–Crippen MR) is 97.7 cm³/mol. The van der Waals surface area contributed by atoms with Crippen LogP contribution in [0.25, 0.3) is 5.82 Å². The van der Waals surface area contributed by atoms with Gasteiger partial charge < -0.3 is 10.2 Å². The van der Waals surface area contributed by atoms with E-state index < -0.39 is 0 Å². The molecule has 1 aliphatic rings. The largest absolute Gasteiger partial charge is 0.352 e. The van der Waals surface area contributed by atoms with Crippen LogP contribution in [-0.4, -0.2) is 51.5 Å². The van der Waals surface area contributed by atoms with E-state index in [-0.39, 0.29) is 5.91 Å². The molecule has 1 amide bonds. The third kappa shape index (κ3) is 4.89. The highest BCUT2D eigenvalue weighted by Crippen LogP contribution is 2.20. The minimum atomic E-state index is -0.0517. The zero-order valence-corrected chi connectivity index (χ0v) is 15.1. The first kappa shape index (κ1) is 17.6. The van der Waals surface area contributed by atoms with Gasteiger partial charge in [0, 0.05) is 43.8 Å². The molecule has 0 saturated carbocycles. The summed E-state index contributed by atoms with van der Waals surface area (Å²) in [5, 5.41) is 3.02. The van der Waals surface area contributed by atoms with E-state index in [1.54, 1.807) is 35.4 Å². The summed E-state index contributed by atoms with van der Waals surface area (Å²) in [7, 11) is 0. The molecule has 25 heavy (non-hydrogen) atoms. The van der Waals surface area contributed by atoms with Crippen LogP contribution in [0.4, 0.5) is 0 Å². The van der Waals surface area contributed by atoms with Crippen molar-refractivity contribution in [1.82, 2.24) is 24.8 Å². The van der Waals surface area contributed by atoms with Crippen molar-refractivity contribution in [3.63, 3.8) is 0 Å². The summed E-state index contributed by atoms with van der Waals surface area (Å²) in [6, 6.07) is 3.52. The predicted octanol–water partition coefficient (Wildman–Crippen LogP) is 2.37. The highest BCUT2D eigenvalue weighted by atomic mass is 16.1. The van der Waals surface area contributed by atoms with Crippen LogP contribution in [0.15, 0.2) is 37.1 Å². The van der Waals surface area contributed by atoms with Crippen molar-refractivity contribution in [1.29, 1.82) is 0 Å². The average molecular weight is 341 g/mol. The fourth-order valence-electron chi connectivity index (χ4n) is 3.68. The minimum Gasteiger partial charge on any atom is -0.352 e. The van der Waals surface area contributed by atoms with Gasteiger partial charge in [0.25, 0.3) is 5.91 Å². The molecular weight excluding hydrogens is 314 g/mol. The van der Waals surface area contributed by atoms with Crippen LogP contribution in [0, 0.1) is 11.8 Å². The van der Waals surface area contributed by atoms with E-state index in [9.17, 15) is 4.79 Å². The number of rotatable bonds is 6. The Bertz CT molecular complexity index is 675. The Morgan fingerprint density at radius 3 is 2.80 bits per heavy atom. The number of hydrogen-bond donors (Lipinski definition) is 1. The normalized spacial score (nSPS) is 21.2. The van der Waals surface area contributed by atoms with Gasteiger partial charge in [-0.2, -0.15) is 0 Å². The summed E-state index contributed by atoms with van der Waals surface area (Å²) in [5.41, 5.74) is 0.624. The van der Waals surface area contributed by atoms with Crippen LogP contribution in [0.5, 0.6) is 0 Å². The topological polar surface area (TPSA) is 63.1 Å². The zero-order chi connectivity index (χ0) is 17.6. The van der Waals surface area contributed by atoms with Gasteiger partial charge in [-0.25, -0.2) is 9.97 Å². The van der Waals surface area contributed by atoms with Gasteiger partial charge in [-0.3, -0.25) is 9.36 Å². The molecule has 6 heteroatoms. The Balaban J connectivity index is 1.46. The summed E-state index contributed by atoms with van der Waals surface area (Å²) < 4.78 is 1.79. The number of carbonyl (C=O) groups excluding carboxylic acids is 1. The quantitative estimate of drug-likeness (QED) is 0.820. The molecule has 6 nitrogen and oxygen atoms in total. The Labute approximate surface area is 149 Å². The molecule has 0 radical (unpaired) electrons. The lowest BCUT2D eigenvalue weighted by Crippen LogP contribution is -2.40. The number of carbonyl (C=O) groups is 1. The lowest BCUT2D eigenvalue weighted by molar-refractivity contribution is 0.0947. The van der Waals surface area contributed by atoms with Crippen molar-refractivity contribution in [2.45, 2.75) is 26.7 Å². The fraction of sp³-hybridized carbons (Fsp3) is 0.526. The summed E-state index contributed by atoms with van der Waals surface area (Å²) in [4.78, 5) is 23.1. The van der Waals surface area contributed by atoms with E-state index in [2.05, 4.69) is 34.0 Å². The van der Waals surface area contributed by atoms with E-state index in [4.69, 9.17) is 0 Å². The van der Waals surface area contributed by atoms with Gasteiger partial charge in [0.05, 0.1) is 0 Å². The number of likely N-dealkylation sites (tertiary alicyclic amines) is 1. The Morgan fingerprint density at radius 2 is 2.08 bits per heavy atom. The third-order valence-corrected chi connectivity index (χ3v) is 4.66.